The van der Waals surface area contributed by atoms with E-state index in [9.17, 15) is 4.79 Å². The number of fused-ring (bicyclic) bond motifs is 1. The number of benzene rings is 1. The molecule has 1 saturated carbocycles. The van der Waals surface area contributed by atoms with E-state index >= 15 is 0 Å². The summed E-state index contributed by atoms with van der Waals surface area (Å²) in [7, 11) is 0. The van der Waals surface area contributed by atoms with Gasteiger partial charge in [-0.15, -0.1) is 0 Å². The first kappa shape index (κ1) is 14.5. The monoisotopic (exact) mass is 316 g/mol. The molecule has 1 unspecified atom stereocenters. The molecular formula is C17H20N2O4. The number of nitrogens with one attached hydrogen (secondary N) is 2. The van der Waals surface area contributed by atoms with Gasteiger partial charge in [-0.2, -0.15) is 0 Å². The molecule has 1 aromatic carbocycles. The first-order chi connectivity index (χ1) is 11.2. The topological polar surface area (TPSA) is 72.7 Å². The summed E-state index contributed by atoms with van der Waals surface area (Å²) >= 11 is 0. The summed E-state index contributed by atoms with van der Waals surface area (Å²) in [4.78, 5) is 12.6. The predicted octanol–water partition coefficient (Wildman–Crippen LogP) is 2.16. The molecule has 6 nitrogen and oxygen atoms in total. The first-order valence-corrected chi connectivity index (χ1v) is 7.98. The zero-order valence-corrected chi connectivity index (χ0v) is 13.1. The van der Waals surface area contributed by atoms with Gasteiger partial charge in [0.2, 0.25) is 0 Å². The number of aryl methyl sites for hydroxylation is 1. The molecule has 0 bridgehead atoms. The van der Waals surface area contributed by atoms with Gasteiger partial charge in [0.25, 0.3) is 5.91 Å². The van der Waals surface area contributed by atoms with Crippen molar-refractivity contribution in [1.82, 2.24) is 10.6 Å². The van der Waals surface area contributed by atoms with Gasteiger partial charge in [0.1, 0.15) is 23.3 Å². The van der Waals surface area contributed by atoms with Crippen molar-refractivity contribution in [1.29, 1.82) is 0 Å². The summed E-state index contributed by atoms with van der Waals surface area (Å²) in [6.07, 6.45) is 2.33. The fourth-order valence-electron chi connectivity index (χ4n) is 2.79. The second kappa shape index (κ2) is 5.86. The van der Waals surface area contributed by atoms with Gasteiger partial charge in [0.15, 0.2) is 0 Å². The van der Waals surface area contributed by atoms with Crippen LogP contribution in [-0.4, -0.2) is 32.0 Å². The molecule has 1 aromatic heterocycles. The quantitative estimate of drug-likeness (QED) is 0.884. The van der Waals surface area contributed by atoms with Crippen LogP contribution >= 0.6 is 0 Å². The van der Waals surface area contributed by atoms with Crippen LogP contribution in [-0.2, 0) is 4.74 Å². The minimum atomic E-state index is -0.166. The third-order valence-corrected chi connectivity index (χ3v) is 4.27. The van der Waals surface area contributed by atoms with E-state index in [2.05, 4.69) is 10.6 Å². The van der Waals surface area contributed by atoms with Gasteiger partial charge in [0, 0.05) is 5.39 Å². The number of hydrogen-bond acceptors (Lipinski definition) is 5. The minimum absolute atomic E-state index is 0.163. The Kier molecular flexibility index (Phi) is 3.71. The van der Waals surface area contributed by atoms with E-state index in [-0.39, 0.29) is 12.1 Å². The first-order valence-electron chi connectivity index (χ1n) is 7.98. The van der Waals surface area contributed by atoms with Gasteiger partial charge in [-0.1, -0.05) is 0 Å². The van der Waals surface area contributed by atoms with Crippen molar-refractivity contribution >= 4 is 16.9 Å². The highest BCUT2D eigenvalue weighted by atomic mass is 16.5. The molecule has 2 fully saturated rings. The van der Waals surface area contributed by atoms with Gasteiger partial charge < -0.3 is 19.2 Å². The summed E-state index contributed by atoms with van der Waals surface area (Å²) in [5.41, 5.74) is 1.26. The Morgan fingerprint density at radius 3 is 3.04 bits per heavy atom. The average molecular weight is 316 g/mol. The van der Waals surface area contributed by atoms with Crippen LogP contribution in [0.15, 0.2) is 22.6 Å². The molecule has 2 N–H and O–H groups in total. The van der Waals surface area contributed by atoms with Crippen LogP contribution in [0.1, 0.15) is 29.0 Å². The van der Waals surface area contributed by atoms with Crippen molar-refractivity contribution in [3.8, 4) is 5.75 Å². The van der Waals surface area contributed by atoms with E-state index in [1.165, 1.54) is 12.8 Å². The number of ether oxygens (including phenoxy) is 2. The van der Waals surface area contributed by atoms with E-state index < -0.39 is 0 Å². The van der Waals surface area contributed by atoms with Crippen LogP contribution in [0.5, 0.6) is 5.75 Å². The Bertz CT molecular complexity index is 730. The summed E-state index contributed by atoms with van der Waals surface area (Å²) in [6.45, 7) is 3.47. The number of carbonyl (C=O) groups is 1. The van der Waals surface area contributed by atoms with Crippen molar-refractivity contribution in [2.45, 2.75) is 25.9 Å². The van der Waals surface area contributed by atoms with Gasteiger partial charge in [0.05, 0.1) is 25.5 Å². The van der Waals surface area contributed by atoms with Crippen LogP contribution in [0.3, 0.4) is 0 Å². The Morgan fingerprint density at radius 1 is 1.43 bits per heavy atom. The third kappa shape index (κ3) is 3.04. The van der Waals surface area contributed by atoms with Gasteiger partial charge >= 0.3 is 0 Å². The molecule has 1 aliphatic heterocycles. The summed E-state index contributed by atoms with van der Waals surface area (Å²) in [6, 6.07) is 5.64. The van der Waals surface area contributed by atoms with Crippen LogP contribution in [0.4, 0.5) is 0 Å². The lowest BCUT2D eigenvalue weighted by Gasteiger charge is -2.11. The van der Waals surface area contributed by atoms with Crippen LogP contribution in [0.2, 0.25) is 0 Å². The van der Waals surface area contributed by atoms with Crippen molar-refractivity contribution in [2.24, 2.45) is 5.92 Å². The summed E-state index contributed by atoms with van der Waals surface area (Å²) < 4.78 is 16.7. The lowest BCUT2D eigenvalue weighted by atomic mass is 10.1. The highest BCUT2D eigenvalue weighted by Gasteiger charge is 2.24. The van der Waals surface area contributed by atoms with E-state index in [4.69, 9.17) is 13.9 Å². The molecule has 1 aliphatic carbocycles. The van der Waals surface area contributed by atoms with Crippen molar-refractivity contribution in [3.63, 3.8) is 0 Å². The largest absolute Gasteiger partial charge is 0.493 e. The highest BCUT2D eigenvalue weighted by Crippen LogP contribution is 2.32. The van der Waals surface area contributed by atoms with E-state index in [0.717, 1.165) is 17.7 Å². The number of carbonyl (C=O) groups excluding carboxylic acids is 1. The highest BCUT2D eigenvalue weighted by molar-refractivity contribution is 6.07. The Morgan fingerprint density at radius 2 is 2.30 bits per heavy atom. The van der Waals surface area contributed by atoms with E-state index in [0.29, 0.717) is 36.2 Å². The molecule has 0 spiro atoms. The van der Waals surface area contributed by atoms with Crippen LogP contribution in [0.25, 0.3) is 11.0 Å². The van der Waals surface area contributed by atoms with Crippen LogP contribution < -0.4 is 15.4 Å². The minimum Gasteiger partial charge on any atom is -0.493 e. The smallest absolute Gasteiger partial charge is 0.256 e. The molecule has 23 heavy (non-hydrogen) atoms. The summed E-state index contributed by atoms with van der Waals surface area (Å²) in [5, 5.41) is 6.76. The van der Waals surface area contributed by atoms with Crippen LogP contribution in [0, 0.1) is 12.8 Å². The van der Waals surface area contributed by atoms with Crippen molar-refractivity contribution in [3.05, 3.63) is 29.5 Å². The molecule has 2 aromatic rings. The maximum absolute atomic E-state index is 12.6. The molecular weight excluding hydrogens is 296 g/mol. The molecule has 6 heteroatoms. The predicted molar refractivity (Wildman–Crippen MR) is 84.4 cm³/mol. The Labute approximate surface area is 134 Å². The summed E-state index contributed by atoms with van der Waals surface area (Å²) in [5.74, 6) is 1.91. The molecule has 1 saturated heterocycles. The normalized spacial score (nSPS) is 20.8. The molecule has 0 radical (unpaired) electrons. The molecule has 4 rings (SSSR count). The average Bonchev–Trinajstić information content (AvgIpc) is 3.11. The zero-order chi connectivity index (χ0) is 15.8. The number of rotatable bonds is 5. The molecule has 2 heterocycles. The van der Waals surface area contributed by atoms with Gasteiger partial charge in [-0.25, -0.2) is 0 Å². The van der Waals surface area contributed by atoms with Gasteiger partial charge in [-0.05, 0) is 43.9 Å². The second-order valence-corrected chi connectivity index (χ2v) is 6.19. The zero-order valence-electron chi connectivity index (χ0n) is 13.1. The third-order valence-electron chi connectivity index (χ3n) is 4.27. The fourth-order valence-corrected chi connectivity index (χ4v) is 2.79. The standard InChI is InChI=1S/C17H20N2O4/c1-10-16(17(20)19-15-8-21-9-18-15)13-6-12(4-5-14(13)23-10)22-7-11-2-3-11/h4-6,11,15,18H,2-3,7-9H2,1H3,(H,19,20). The molecule has 1 amide bonds. The lowest BCUT2D eigenvalue weighted by Crippen LogP contribution is -2.43. The van der Waals surface area contributed by atoms with Crippen molar-refractivity contribution in [2.75, 3.05) is 19.9 Å². The second-order valence-electron chi connectivity index (χ2n) is 6.19. The van der Waals surface area contributed by atoms with E-state index in [1.54, 1.807) is 6.92 Å². The lowest BCUT2D eigenvalue weighted by molar-refractivity contribution is 0.0927. The Balaban J connectivity index is 1.59. The van der Waals surface area contributed by atoms with E-state index in [1.807, 2.05) is 18.2 Å². The van der Waals surface area contributed by atoms with Gasteiger partial charge in [-0.3, -0.25) is 10.1 Å². The maximum atomic E-state index is 12.6. The Hall–Kier alpha value is -2.05. The number of amides is 1. The number of hydrogen-bond donors (Lipinski definition) is 2. The SMILES string of the molecule is Cc1oc2ccc(OCC3CC3)cc2c1C(=O)NC1COCN1. The van der Waals surface area contributed by atoms with Crippen molar-refractivity contribution < 1.29 is 18.7 Å². The maximum Gasteiger partial charge on any atom is 0.256 e. The molecule has 2 aliphatic rings. The number of furan rings is 1. The molecule has 122 valence electrons. The molecule has 1 atom stereocenters. The fraction of sp³-hybridized carbons (Fsp3) is 0.471.